The summed E-state index contributed by atoms with van der Waals surface area (Å²) in [5, 5.41) is 7.72. The fourth-order valence-electron chi connectivity index (χ4n) is 2.44. The van der Waals surface area contributed by atoms with Gasteiger partial charge in [0.1, 0.15) is 5.75 Å². The molecule has 2 aromatic rings. The molecule has 0 fully saturated rings. The van der Waals surface area contributed by atoms with Crippen molar-refractivity contribution in [2.45, 2.75) is 25.9 Å². The summed E-state index contributed by atoms with van der Waals surface area (Å²) in [6.45, 7) is 2.84. The maximum Gasteiger partial charge on any atom is 0.267 e. The average molecular weight is 285 g/mol. The zero-order chi connectivity index (χ0) is 14.5. The zero-order valence-corrected chi connectivity index (χ0v) is 11.9. The number of fused-ring (bicyclic) bond motifs is 1. The first-order chi connectivity index (χ1) is 10.3. The van der Waals surface area contributed by atoms with Crippen LogP contribution in [0, 0.1) is 0 Å². The molecular weight excluding hydrogens is 266 g/mol. The van der Waals surface area contributed by atoms with Crippen LogP contribution in [0.1, 0.15) is 17.7 Å². The molecule has 1 N–H and O–H groups in total. The monoisotopic (exact) mass is 285 g/mol. The van der Waals surface area contributed by atoms with E-state index in [2.05, 4.69) is 10.4 Å². The predicted octanol–water partition coefficient (Wildman–Crippen LogP) is 1.36. The summed E-state index contributed by atoms with van der Waals surface area (Å²) in [4.78, 5) is 12.0. The van der Waals surface area contributed by atoms with E-state index in [4.69, 9.17) is 4.74 Å². The largest absolute Gasteiger partial charge is 0.494 e. The van der Waals surface area contributed by atoms with Gasteiger partial charge in [0.05, 0.1) is 12.3 Å². The summed E-state index contributed by atoms with van der Waals surface area (Å²) in [7, 11) is 0. The molecule has 0 amide bonds. The number of ether oxygens (including phenoxy) is 1. The molecule has 5 nitrogen and oxygen atoms in total. The molecule has 1 aromatic carbocycles. The number of para-hydroxylation sites is 1. The average Bonchev–Trinajstić information content (AvgIpc) is 2.53. The van der Waals surface area contributed by atoms with E-state index in [1.54, 1.807) is 10.7 Å². The highest BCUT2D eigenvalue weighted by molar-refractivity contribution is 5.21. The fourth-order valence-corrected chi connectivity index (χ4v) is 2.44. The minimum atomic E-state index is -0.0304. The number of hydrogen-bond acceptors (Lipinski definition) is 4. The van der Waals surface area contributed by atoms with Crippen LogP contribution in [0.25, 0.3) is 0 Å². The van der Waals surface area contributed by atoms with Gasteiger partial charge < -0.3 is 10.1 Å². The van der Waals surface area contributed by atoms with E-state index in [9.17, 15) is 4.79 Å². The molecule has 0 radical (unpaired) electrons. The lowest BCUT2D eigenvalue weighted by atomic mass is 10.1. The van der Waals surface area contributed by atoms with Crippen molar-refractivity contribution in [2.24, 2.45) is 0 Å². The molecule has 3 rings (SSSR count). The third-order valence-corrected chi connectivity index (χ3v) is 3.54. The van der Waals surface area contributed by atoms with Crippen LogP contribution >= 0.6 is 0 Å². The first-order valence-electron chi connectivity index (χ1n) is 7.31. The van der Waals surface area contributed by atoms with E-state index in [0.717, 1.165) is 42.9 Å². The maximum atomic E-state index is 12.0. The number of nitrogens with zero attached hydrogens (tertiary/aromatic N) is 2. The Labute approximate surface area is 123 Å². The minimum Gasteiger partial charge on any atom is -0.494 e. The van der Waals surface area contributed by atoms with E-state index in [-0.39, 0.29) is 5.56 Å². The van der Waals surface area contributed by atoms with Crippen LogP contribution in [0.5, 0.6) is 5.75 Å². The number of hydrogen-bond donors (Lipinski definition) is 1. The van der Waals surface area contributed by atoms with Crippen molar-refractivity contribution in [3.05, 3.63) is 58.0 Å². The van der Waals surface area contributed by atoms with Gasteiger partial charge in [0.2, 0.25) is 0 Å². The predicted molar refractivity (Wildman–Crippen MR) is 80.5 cm³/mol. The highest BCUT2D eigenvalue weighted by Gasteiger charge is 2.12. The van der Waals surface area contributed by atoms with E-state index in [1.165, 1.54) is 0 Å². The van der Waals surface area contributed by atoms with Gasteiger partial charge in [0.15, 0.2) is 0 Å². The number of aryl methyl sites for hydroxylation is 1. The molecular formula is C16H19N3O2. The molecule has 0 unspecified atom stereocenters. The van der Waals surface area contributed by atoms with Gasteiger partial charge in [-0.3, -0.25) is 4.79 Å². The van der Waals surface area contributed by atoms with Crippen molar-refractivity contribution in [3.63, 3.8) is 0 Å². The number of aromatic nitrogens is 2. The molecule has 110 valence electrons. The summed E-state index contributed by atoms with van der Waals surface area (Å²) in [5.41, 5.74) is 2.04. The van der Waals surface area contributed by atoms with Crippen LogP contribution in [0.15, 0.2) is 41.2 Å². The van der Waals surface area contributed by atoms with Crippen molar-refractivity contribution in [2.75, 3.05) is 13.2 Å². The Balaban J connectivity index is 1.57. The quantitative estimate of drug-likeness (QED) is 0.843. The van der Waals surface area contributed by atoms with Crippen LogP contribution in [-0.2, 0) is 19.5 Å². The molecule has 1 aliphatic rings. The number of rotatable bonds is 5. The zero-order valence-electron chi connectivity index (χ0n) is 11.9. The van der Waals surface area contributed by atoms with E-state index >= 15 is 0 Å². The van der Waals surface area contributed by atoms with Crippen molar-refractivity contribution in [1.82, 2.24) is 15.1 Å². The molecule has 0 saturated heterocycles. The van der Waals surface area contributed by atoms with E-state index in [1.807, 2.05) is 30.3 Å². The summed E-state index contributed by atoms with van der Waals surface area (Å²) in [6, 6.07) is 11.4. The topological polar surface area (TPSA) is 56.2 Å². The first kappa shape index (κ1) is 13.8. The van der Waals surface area contributed by atoms with Gasteiger partial charge in [-0.05, 0) is 17.7 Å². The molecule has 0 atom stereocenters. The molecule has 5 heteroatoms. The SMILES string of the molecule is O=c1cc2c(nn1CCCOc1ccccc1)CCNC2. The van der Waals surface area contributed by atoms with Crippen LogP contribution in [-0.4, -0.2) is 22.9 Å². The third kappa shape index (κ3) is 3.49. The van der Waals surface area contributed by atoms with Crippen LogP contribution < -0.4 is 15.6 Å². The highest BCUT2D eigenvalue weighted by Crippen LogP contribution is 2.09. The second-order valence-electron chi connectivity index (χ2n) is 5.12. The Morgan fingerprint density at radius 2 is 2.14 bits per heavy atom. The molecule has 1 aliphatic heterocycles. The Morgan fingerprint density at radius 1 is 1.29 bits per heavy atom. The van der Waals surface area contributed by atoms with Crippen LogP contribution in [0.2, 0.25) is 0 Å². The molecule has 2 heterocycles. The van der Waals surface area contributed by atoms with Gasteiger partial charge >= 0.3 is 0 Å². The summed E-state index contributed by atoms with van der Waals surface area (Å²) < 4.78 is 7.18. The lowest BCUT2D eigenvalue weighted by molar-refractivity contribution is 0.296. The molecule has 1 aromatic heterocycles. The fraction of sp³-hybridized carbons (Fsp3) is 0.375. The molecule has 0 spiro atoms. The van der Waals surface area contributed by atoms with Crippen molar-refractivity contribution < 1.29 is 4.74 Å². The lowest BCUT2D eigenvalue weighted by Gasteiger charge is -2.17. The van der Waals surface area contributed by atoms with Gasteiger partial charge in [-0.1, -0.05) is 18.2 Å². The molecule has 0 aliphatic carbocycles. The smallest absolute Gasteiger partial charge is 0.267 e. The summed E-state index contributed by atoms with van der Waals surface area (Å²) in [6.07, 6.45) is 1.65. The number of benzene rings is 1. The second kappa shape index (κ2) is 6.54. The Morgan fingerprint density at radius 3 is 3.00 bits per heavy atom. The van der Waals surface area contributed by atoms with Gasteiger partial charge in [0, 0.05) is 38.5 Å². The third-order valence-electron chi connectivity index (χ3n) is 3.54. The van der Waals surface area contributed by atoms with Gasteiger partial charge in [0.25, 0.3) is 5.56 Å². The lowest BCUT2D eigenvalue weighted by Crippen LogP contribution is -2.31. The molecule has 21 heavy (non-hydrogen) atoms. The summed E-state index contributed by atoms with van der Waals surface area (Å²) in [5.74, 6) is 0.856. The van der Waals surface area contributed by atoms with Crippen molar-refractivity contribution in [1.29, 1.82) is 0 Å². The second-order valence-corrected chi connectivity index (χ2v) is 5.12. The highest BCUT2D eigenvalue weighted by atomic mass is 16.5. The van der Waals surface area contributed by atoms with Gasteiger partial charge in [-0.15, -0.1) is 0 Å². The van der Waals surface area contributed by atoms with Gasteiger partial charge in [-0.25, -0.2) is 4.68 Å². The Kier molecular flexibility index (Phi) is 4.31. The maximum absolute atomic E-state index is 12.0. The normalized spacial score (nSPS) is 13.7. The van der Waals surface area contributed by atoms with Crippen molar-refractivity contribution >= 4 is 0 Å². The van der Waals surface area contributed by atoms with Crippen LogP contribution in [0.4, 0.5) is 0 Å². The van der Waals surface area contributed by atoms with E-state index < -0.39 is 0 Å². The van der Waals surface area contributed by atoms with Crippen molar-refractivity contribution in [3.8, 4) is 5.75 Å². The minimum absolute atomic E-state index is 0.0304. The molecule has 0 bridgehead atoms. The number of nitrogens with one attached hydrogen (secondary N) is 1. The van der Waals surface area contributed by atoms with E-state index in [0.29, 0.717) is 13.2 Å². The summed E-state index contributed by atoms with van der Waals surface area (Å²) >= 11 is 0. The Hall–Kier alpha value is -2.14. The van der Waals surface area contributed by atoms with Crippen LogP contribution in [0.3, 0.4) is 0 Å². The van der Waals surface area contributed by atoms with Gasteiger partial charge in [-0.2, -0.15) is 5.10 Å². The standard InChI is InChI=1S/C16H19N3O2/c20-16-11-13-12-17-8-7-15(13)18-19(16)9-4-10-21-14-5-2-1-3-6-14/h1-3,5-6,11,17H,4,7-10,12H2. The first-order valence-corrected chi connectivity index (χ1v) is 7.31. The Bertz CT molecular complexity index is 652. The molecule has 0 saturated carbocycles.